The predicted octanol–water partition coefficient (Wildman–Crippen LogP) is 2.03. The molecule has 3 aromatic rings. The first kappa shape index (κ1) is 27.7. The smallest absolute Gasteiger partial charge is 0.245 e. The average molecular weight is 538 g/mol. The molecule has 0 aliphatic carbocycles. The van der Waals surface area contributed by atoms with Crippen LogP contribution in [0, 0.1) is 0 Å². The third kappa shape index (κ3) is 6.96. The van der Waals surface area contributed by atoms with Crippen LogP contribution >= 0.6 is 0 Å². The fourth-order valence-electron chi connectivity index (χ4n) is 4.62. The topological polar surface area (TPSA) is 134 Å². The standard InChI is InChI=1S/C28H35N5O4S/c1-30-27(29)22-11-9-20(10-12-22)17-25(28(35)33-15-5-2-6-16-33)32-26(34)19-31-38(36,37)24-14-13-21-7-3-4-8-23(21)18-24/h3-4,7-14,18,25,27,30-31H,2,5-6,15-17,19,29H2,1H3,(H,32,34)/t25-,27?/m0/s1. The number of hydrogen-bond donors (Lipinski definition) is 4. The predicted molar refractivity (Wildman–Crippen MR) is 148 cm³/mol. The van der Waals surface area contributed by atoms with E-state index in [0.717, 1.165) is 41.2 Å². The van der Waals surface area contributed by atoms with Crippen LogP contribution in [0.25, 0.3) is 10.8 Å². The highest BCUT2D eigenvalue weighted by atomic mass is 32.2. The van der Waals surface area contributed by atoms with Crippen molar-refractivity contribution in [2.75, 3.05) is 26.7 Å². The summed E-state index contributed by atoms with van der Waals surface area (Å²) >= 11 is 0. The van der Waals surface area contributed by atoms with E-state index in [9.17, 15) is 18.0 Å². The lowest BCUT2D eigenvalue weighted by molar-refractivity contribution is -0.137. The maximum Gasteiger partial charge on any atom is 0.245 e. The number of sulfonamides is 1. The van der Waals surface area contributed by atoms with Gasteiger partial charge in [0.1, 0.15) is 6.04 Å². The second kappa shape index (κ2) is 12.5. The summed E-state index contributed by atoms with van der Waals surface area (Å²) in [5.74, 6) is -0.731. The molecule has 10 heteroatoms. The largest absolute Gasteiger partial charge is 0.343 e. The van der Waals surface area contributed by atoms with E-state index in [1.54, 1.807) is 24.1 Å². The van der Waals surface area contributed by atoms with Gasteiger partial charge in [-0.1, -0.05) is 54.6 Å². The molecular formula is C28H35N5O4S. The summed E-state index contributed by atoms with van der Waals surface area (Å²) in [4.78, 5) is 28.1. The van der Waals surface area contributed by atoms with Gasteiger partial charge in [0, 0.05) is 19.5 Å². The Hall–Kier alpha value is -3.31. The highest BCUT2D eigenvalue weighted by Gasteiger charge is 2.28. The number of hydrogen-bond acceptors (Lipinski definition) is 6. The summed E-state index contributed by atoms with van der Waals surface area (Å²) in [7, 11) is -2.15. The maximum absolute atomic E-state index is 13.3. The van der Waals surface area contributed by atoms with Crippen LogP contribution in [0.15, 0.2) is 71.6 Å². The lowest BCUT2D eigenvalue weighted by Gasteiger charge is -2.31. The first-order chi connectivity index (χ1) is 18.3. The zero-order chi connectivity index (χ0) is 27.1. The zero-order valence-electron chi connectivity index (χ0n) is 21.5. The number of carbonyl (C=O) groups is 2. The minimum atomic E-state index is -3.92. The Morgan fingerprint density at radius 2 is 1.63 bits per heavy atom. The number of benzene rings is 3. The van der Waals surface area contributed by atoms with Crippen LogP contribution in [0.2, 0.25) is 0 Å². The number of likely N-dealkylation sites (tertiary alicyclic amines) is 1. The lowest BCUT2D eigenvalue weighted by atomic mass is 10.0. The highest BCUT2D eigenvalue weighted by Crippen LogP contribution is 2.19. The van der Waals surface area contributed by atoms with Crippen LogP contribution in [0.3, 0.4) is 0 Å². The Morgan fingerprint density at radius 3 is 2.32 bits per heavy atom. The molecule has 1 unspecified atom stereocenters. The second-order valence-corrected chi connectivity index (χ2v) is 11.3. The monoisotopic (exact) mass is 537 g/mol. The molecule has 0 bridgehead atoms. The number of nitrogens with one attached hydrogen (secondary N) is 3. The summed E-state index contributed by atoms with van der Waals surface area (Å²) in [5, 5.41) is 7.46. The van der Waals surface area contributed by atoms with Gasteiger partial charge in [-0.2, -0.15) is 0 Å². The Labute approximate surface area is 223 Å². The second-order valence-electron chi connectivity index (χ2n) is 9.55. The molecule has 202 valence electrons. The third-order valence-corrected chi connectivity index (χ3v) is 8.24. The number of amides is 2. The van der Waals surface area contributed by atoms with Gasteiger partial charge < -0.3 is 21.3 Å². The summed E-state index contributed by atoms with van der Waals surface area (Å²) < 4.78 is 28.1. The van der Waals surface area contributed by atoms with Crippen molar-refractivity contribution in [1.29, 1.82) is 0 Å². The Balaban J connectivity index is 1.44. The molecule has 1 saturated heterocycles. The van der Waals surface area contributed by atoms with E-state index in [0.29, 0.717) is 13.1 Å². The number of rotatable bonds is 10. The summed E-state index contributed by atoms with van der Waals surface area (Å²) in [6.45, 7) is 0.820. The van der Waals surface area contributed by atoms with Crippen molar-refractivity contribution in [3.8, 4) is 0 Å². The Morgan fingerprint density at radius 1 is 0.947 bits per heavy atom. The van der Waals surface area contributed by atoms with E-state index in [4.69, 9.17) is 5.73 Å². The van der Waals surface area contributed by atoms with Crippen molar-refractivity contribution in [2.45, 2.75) is 42.8 Å². The van der Waals surface area contributed by atoms with Gasteiger partial charge in [-0.15, -0.1) is 0 Å². The molecule has 38 heavy (non-hydrogen) atoms. The van der Waals surface area contributed by atoms with E-state index in [1.165, 1.54) is 6.07 Å². The van der Waals surface area contributed by atoms with E-state index in [2.05, 4.69) is 15.4 Å². The van der Waals surface area contributed by atoms with Crippen LogP contribution in [0.1, 0.15) is 36.6 Å². The van der Waals surface area contributed by atoms with Gasteiger partial charge in [0.05, 0.1) is 17.6 Å². The van der Waals surface area contributed by atoms with Crippen LogP contribution in [0.4, 0.5) is 0 Å². The molecule has 0 spiro atoms. The molecule has 1 heterocycles. The fourth-order valence-corrected chi connectivity index (χ4v) is 5.64. The summed E-state index contributed by atoms with van der Waals surface area (Å²) in [5.41, 5.74) is 7.78. The van der Waals surface area contributed by atoms with E-state index < -0.39 is 28.5 Å². The Kier molecular flexibility index (Phi) is 9.11. The van der Waals surface area contributed by atoms with Crippen LogP contribution in [-0.4, -0.2) is 57.9 Å². The van der Waals surface area contributed by atoms with Gasteiger partial charge >= 0.3 is 0 Å². The van der Waals surface area contributed by atoms with Crippen LogP contribution < -0.4 is 21.1 Å². The number of nitrogens with two attached hydrogens (primary N) is 1. The quantitative estimate of drug-likeness (QED) is 0.293. The molecular weight excluding hydrogens is 502 g/mol. The number of carbonyl (C=O) groups excluding carboxylic acids is 2. The molecule has 2 atom stereocenters. The molecule has 9 nitrogen and oxygen atoms in total. The molecule has 3 aromatic carbocycles. The van der Waals surface area contributed by atoms with Crippen LogP contribution in [0.5, 0.6) is 0 Å². The number of nitrogens with zero attached hydrogens (tertiary/aromatic N) is 1. The first-order valence-electron chi connectivity index (χ1n) is 12.8. The summed E-state index contributed by atoms with van der Waals surface area (Å²) in [6.07, 6.45) is 2.91. The van der Waals surface area contributed by atoms with Gasteiger partial charge in [0.2, 0.25) is 21.8 Å². The van der Waals surface area contributed by atoms with Crippen molar-refractivity contribution >= 4 is 32.6 Å². The molecule has 0 radical (unpaired) electrons. The van der Waals surface area contributed by atoms with Crippen molar-refractivity contribution in [1.82, 2.24) is 20.3 Å². The van der Waals surface area contributed by atoms with E-state index in [1.807, 2.05) is 48.5 Å². The van der Waals surface area contributed by atoms with Crippen molar-refractivity contribution in [2.24, 2.45) is 5.73 Å². The maximum atomic E-state index is 13.3. The van der Waals surface area contributed by atoms with Gasteiger partial charge in [0.15, 0.2) is 0 Å². The number of piperidine rings is 1. The Bertz CT molecular complexity index is 1370. The normalized spacial score (nSPS) is 15.7. The van der Waals surface area contributed by atoms with E-state index in [-0.39, 0.29) is 23.4 Å². The molecule has 0 saturated carbocycles. The molecule has 5 N–H and O–H groups in total. The molecule has 1 aliphatic heterocycles. The highest BCUT2D eigenvalue weighted by molar-refractivity contribution is 7.89. The molecule has 1 aliphatic rings. The third-order valence-electron chi connectivity index (χ3n) is 6.84. The number of fused-ring (bicyclic) bond motifs is 1. The average Bonchev–Trinajstić information content (AvgIpc) is 2.95. The SMILES string of the molecule is CNC(N)c1ccc(C[C@H](NC(=O)CNS(=O)(=O)c2ccc3ccccc3c2)C(=O)N2CCCCC2)cc1. The molecule has 4 rings (SSSR count). The molecule has 2 amide bonds. The minimum Gasteiger partial charge on any atom is -0.343 e. The van der Waals surface area contributed by atoms with Crippen LogP contribution in [-0.2, 0) is 26.0 Å². The lowest BCUT2D eigenvalue weighted by Crippen LogP contribution is -2.52. The van der Waals surface area contributed by atoms with E-state index >= 15 is 0 Å². The van der Waals surface area contributed by atoms with Gasteiger partial charge in [-0.25, -0.2) is 13.1 Å². The first-order valence-corrected chi connectivity index (χ1v) is 14.3. The van der Waals surface area contributed by atoms with Gasteiger partial charge in [0.25, 0.3) is 0 Å². The molecule has 1 fully saturated rings. The van der Waals surface area contributed by atoms with Gasteiger partial charge in [-0.05, 0) is 60.3 Å². The van der Waals surface area contributed by atoms with Crippen molar-refractivity contribution in [3.63, 3.8) is 0 Å². The molecule has 0 aromatic heterocycles. The van der Waals surface area contributed by atoms with Gasteiger partial charge in [-0.3, -0.25) is 9.59 Å². The summed E-state index contributed by atoms with van der Waals surface area (Å²) in [6, 6.07) is 19.0. The van der Waals surface area contributed by atoms with Crippen molar-refractivity contribution < 1.29 is 18.0 Å². The fraction of sp³-hybridized carbons (Fsp3) is 0.357. The van der Waals surface area contributed by atoms with Crippen molar-refractivity contribution in [3.05, 3.63) is 77.9 Å². The zero-order valence-corrected chi connectivity index (χ0v) is 22.3. The minimum absolute atomic E-state index is 0.0739.